The van der Waals surface area contributed by atoms with Crippen LogP contribution in [0.15, 0.2) is 23.1 Å². The third-order valence-electron chi connectivity index (χ3n) is 1.81. The predicted molar refractivity (Wildman–Crippen MR) is 47.6 cm³/mol. The lowest BCUT2D eigenvalue weighted by atomic mass is 10.1. The van der Waals surface area contributed by atoms with Gasteiger partial charge in [-0.2, -0.15) is 18.4 Å². The molecule has 0 saturated carbocycles. The molecule has 0 fully saturated rings. The molecule has 18 heavy (non-hydrogen) atoms. The maximum absolute atomic E-state index is 12.4. The summed E-state index contributed by atoms with van der Waals surface area (Å²) in [6, 6.07) is 0.0198. The van der Waals surface area contributed by atoms with Crippen LogP contribution in [0.25, 0.3) is 0 Å². The van der Waals surface area contributed by atoms with Gasteiger partial charge in [-0.25, -0.2) is 0 Å². The third-order valence-corrected chi connectivity index (χ3v) is 2.93. The summed E-state index contributed by atoms with van der Waals surface area (Å²) < 4.78 is 98.4. The van der Waals surface area contributed by atoms with Crippen molar-refractivity contribution in [2.75, 3.05) is 0 Å². The van der Waals surface area contributed by atoms with Crippen LogP contribution in [-0.4, -0.2) is 0 Å². The molecule has 0 bridgehead atoms. The molecule has 1 rings (SSSR count). The topological polar surface area (TPSA) is 23.8 Å². The second kappa shape index (κ2) is 3.09. The van der Waals surface area contributed by atoms with Crippen LogP contribution in [0.1, 0.15) is 11.1 Å². The molecular formula is C8H3F8NS. The first-order valence-electron chi connectivity index (χ1n) is 4.00. The lowest BCUT2D eigenvalue weighted by molar-refractivity contribution is -0.137. The Balaban J connectivity index is 3.67. The van der Waals surface area contributed by atoms with Crippen molar-refractivity contribution in [2.24, 2.45) is 0 Å². The van der Waals surface area contributed by atoms with Gasteiger partial charge in [-0.15, -0.1) is 0 Å². The van der Waals surface area contributed by atoms with Crippen LogP contribution in [0, 0.1) is 11.3 Å². The Morgan fingerprint density at radius 2 is 1.44 bits per heavy atom. The van der Waals surface area contributed by atoms with Crippen LogP contribution in [0.3, 0.4) is 0 Å². The third kappa shape index (κ3) is 3.25. The van der Waals surface area contributed by atoms with E-state index in [-0.39, 0.29) is 12.1 Å². The van der Waals surface area contributed by atoms with Gasteiger partial charge in [0.15, 0.2) is 0 Å². The fraction of sp³-hybridized carbons (Fsp3) is 0.125. The van der Waals surface area contributed by atoms with Gasteiger partial charge in [0.05, 0.1) is 17.2 Å². The number of alkyl halides is 3. The number of rotatable bonds is 1. The predicted octanol–water partition coefficient (Wildman–Crippen LogP) is 5.23. The standard InChI is InChI=1S/C8H3F8NS/c9-8(10,11)6-1-5(4-17)2-7(3-6)18(12,13,14,15)16/h1-3H. The van der Waals surface area contributed by atoms with E-state index in [1.807, 2.05) is 0 Å². The maximum Gasteiger partial charge on any atom is 0.416 e. The summed E-state index contributed by atoms with van der Waals surface area (Å²) in [6.45, 7) is 0. The number of hydrogen-bond acceptors (Lipinski definition) is 1. The summed E-state index contributed by atoms with van der Waals surface area (Å²) >= 11 is 0. The van der Waals surface area contributed by atoms with E-state index in [1.165, 1.54) is 0 Å². The zero-order valence-corrected chi connectivity index (χ0v) is 8.93. The average Bonchev–Trinajstić information content (AvgIpc) is 2.12. The van der Waals surface area contributed by atoms with Gasteiger partial charge in [-0.1, -0.05) is 19.4 Å². The van der Waals surface area contributed by atoms with Crippen molar-refractivity contribution in [2.45, 2.75) is 11.1 Å². The fourth-order valence-electron chi connectivity index (χ4n) is 1.05. The number of benzene rings is 1. The van der Waals surface area contributed by atoms with Crippen LogP contribution in [0.2, 0.25) is 0 Å². The molecular weight excluding hydrogens is 294 g/mol. The molecule has 0 saturated heterocycles. The van der Waals surface area contributed by atoms with Crippen LogP contribution < -0.4 is 0 Å². The van der Waals surface area contributed by atoms with Gasteiger partial charge in [-0.3, -0.25) is 0 Å². The van der Waals surface area contributed by atoms with Crippen LogP contribution in [0.4, 0.5) is 32.6 Å². The van der Waals surface area contributed by atoms with Crippen molar-refractivity contribution in [1.82, 2.24) is 0 Å². The zero-order valence-electron chi connectivity index (χ0n) is 8.11. The molecule has 0 unspecified atom stereocenters. The highest BCUT2D eigenvalue weighted by atomic mass is 32.5. The van der Waals surface area contributed by atoms with Gasteiger partial charge in [0.25, 0.3) is 0 Å². The summed E-state index contributed by atoms with van der Waals surface area (Å²) in [7, 11) is -10.3. The summed E-state index contributed by atoms with van der Waals surface area (Å²) in [4.78, 5) is -2.73. The van der Waals surface area contributed by atoms with Gasteiger partial charge >= 0.3 is 16.4 Å². The Hall–Kier alpha value is -1.50. The van der Waals surface area contributed by atoms with Gasteiger partial charge in [-0.05, 0) is 18.2 Å². The highest BCUT2D eigenvalue weighted by Crippen LogP contribution is 3.02. The first kappa shape index (κ1) is 14.6. The van der Waals surface area contributed by atoms with E-state index in [4.69, 9.17) is 5.26 Å². The summed E-state index contributed by atoms with van der Waals surface area (Å²) in [5.41, 5.74) is -3.10. The van der Waals surface area contributed by atoms with Crippen molar-refractivity contribution in [3.63, 3.8) is 0 Å². The molecule has 0 spiro atoms. The Kier molecular flexibility index (Phi) is 2.50. The smallest absolute Gasteiger partial charge is 0.192 e. The first-order chi connectivity index (χ1) is 7.63. The zero-order chi connectivity index (χ0) is 14.5. The number of hydrogen-bond donors (Lipinski definition) is 0. The van der Waals surface area contributed by atoms with Crippen LogP contribution >= 0.6 is 10.2 Å². The minimum Gasteiger partial charge on any atom is -0.192 e. The molecule has 0 atom stereocenters. The molecule has 0 aliphatic heterocycles. The Bertz CT molecular complexity index is 535. The minimum absolute atomic E-state index is 0.0625. The highest BCUT2D eigenvalue weighted by molar-refractivity contribution is 8.45. The molecule has 0 aromatic heterocycles. The Morgan fingerprint density at radius 1 is 0.944 bits per heavy atom. The van der Waals surface area contributed by atoms with Crippen molar-refractivity contribution >= 4 is 10.2 Å². The quantitative estimate of drug-likeness (QED) is 0.651. The molecule has 102 valence electrons. The highest BCUT2D eigenvalue weighted by Gasteiger charge is 2.65. The van der Waals surface area contributed by atoms with Gasteiger partial charge in [0.1, 0.15) is 4.90 Å². The van der Waals surface area contributed by atoms with E-state index < -0.39 is 38.5 Å². The summed E-state index contributed by atoms with van der Waals surface area (Å²) in [6.07, 6.45) is -5.26. The molecule has 0 heterocycles. The van der Waals surface area contributed by atoms with Crippen LogP contribution in [-0.2, 0) is 6.18 Å². The van der Waals surface area contributed by atoms with E-state index in [9.17, 15) is 32.6 Å². The second-order valence-corrected chi connectivity index (χ2v) is 5.73. The molecule has 0 amide bonds. The summed E-state index contributed by atoms with van der Waals surface area (Å²) in [5.74, 6) is 0. The van der Waals surface area contributed by atoms with Crippen molar-refractivity contribution < 1.29 is 32.6 Å². The molecule has 0 aliphatic carbocycles. The molecule has 0 radical (unpaired) electrons. The Labute approximate surface area is 95.4 Å². The van der Waals surface area contributed by atoms with Crippen LogP contribution in [0.5, 0.6) is 0 Å². The van der Waals surface area contributed by atoms with E-state index >= 15 is 0 Å². The molecule has 0 N–H and O–H groups in total. The maximum atomic E-state index is 12.4. The van der Waals surface area contributed by atoms with E-state index in [2.05, 4.69) is 0 Å². The van der Waals surface area contributed by atoms with Crippen molar-refractivity contribution in [1.29, 1.82) is 5.26 Å². The number of halogens is 8. The second-order valence-electron chi connectivity index (χ2n) is 3.32. The molecule has 1 aromatic carbocycles. The first-order valence-corrected chi connectivity index (χ1v) is 5.95. The fourth-order valence-corrected chi connectivity index (χ4v) is 1.75. The monoisotopic (exact) mass is 297 g/mol. The number of nitriles is 1. The largest absolute Gasteiger partial charge is 0.416 e. The van der Waals surface area contributed by atoms with Gasteiger partial charge in [0, 0.05) is 0 Å². The summed E-state index contributed by atoms with van der Waals surface area (Å²) in [5, 5.41) is 8.27. The number of nitrogens with zero attached hydrogens (tertiary/aromatic N) is 1. The normalized spacial score (nSPS) is 16.6. The SMILES string of the molecule is N#Cc1cc(C(F)(F)F)cc(S(F)(F)(F)(F)F)c1. The lowest BCUT2D eigenvalue weighted by Gasteiger charge is -2.40. The molecule has 10 heteroatoms. The average molecular weight is 297 g/mol. The van der Waals surface area contributed by atoms with E-state index in [1.54, 1.807) is 0 Å². The van der Waals surface area contributed by atoms with E-state index in [0.717, 1.165) is 6.07 Å². The molecule has 1 nitrogen and oxygen atoms in total. The van der Waals surface area contributed by atoms with Gasteiger partial charge in [0.2, 0.25) is 0 Å². The molecule has 1 aromatic rings. The lowest BCUT2D eigenvalue weighted by Crippen LogP contribution is -2.11. The van der Waals surface area contributed by atoms with Crippen molar-refractivity contribution in [3.8, 4) is 6.07 Å². The Morgan fingerprint density at radius 3 is 1.78 bits per heavy atom. The molecule has 0 aliphatic rings. The minimum atomic E-state index is -10.3. The van der Waals surface area contributed by atoms with E-state index in [0.29, 0.717) is 0 Å². The van der Waals surface area contributed by atoms with Crippen molar-refractivity contribution in [3.05, 3.63) is 29.3 Å². The van der Waals surface area contributed by atoms with Gasteiger partial charge < -0.3 is 0 Å².